The highest BCUT2D eigenvalue weighted by atomic mass is 16.6. The minimum Gasteiger partial charge on any atom is -0.465 e. The Kier molecular flexibility index (Phi) is 5.96. The second-order valence-electron chi connectivity index (χ2n) is 7.49. The lowest BCUT2D eigenvalue weighted by molar-refractivity contribution is -0.384. The van der Waals surface area contributed by atoms with Gasteiger partial charge in [-0.05, 0) is 56.3 Å². The summed E-state index contributed by atoms with van der Waals surface area (Å²) in [6.07, 6.45) is 1.52. The number of aromatic nitrogens is 1. The molecule has 0 unspecified atom stereocenters. The van der Waals surface area contributed by atoms with E-state index in [4.69, 9.17) is 9.15 Å². The number of nitro benzene ring substituents is 1. The number of rotatable bonds is 6. The summed E-state index contributed by atoms with van der Waals surface area (Å²) in [4.78, 5) is 34.5. The Balaban J connectivity index is 1.50. The van der Waals surface area contributed by atoms with Crippen molar-refractivity contribution >= 4 is 34.7 Å². The van der Waals surface area contributed by atoms with Crippen LogP contribution in [0.2, 0.25) is 0 Å². The highest BCUT2D eigenvalue weighted by Gasteiger charge is 2.15. The zero-order valence-electron chi connectivity index (χ0n) is 18.6. The van der Waals surface area contributed by atoms with E-state index in [2.05, 4.69) is 10.5 Å². The maximum atomic E-state index is 12.4. The molecule has 10 nitrogen and oxygen atoms in total. The number of fused-ring (bicyclic) bond motifs is 1. The van der Waals surface area contributed by atoms with Crippen molar-refractivity contribution in [2.45, 2.75) is 13.8 Å². The van der Waals surface area contributed by atoms with Gasteiger partial charge in [-0.3, -0.25) is 14.9 Å². The molecule has 0 radical (unpaired) electrons. The van der Waals surface area contributed by atoms with Crippen LogP contribution in [0.3, 0.4) is 0 Å². The third kappa shape index (κ3) is 4.29. The fourth-order valence-electron chi connectivity index (χ4n) is 3.65. The molecule has 0 saturated carbocycles. The number of hydrogen-bond acceptors (Lipinski definition) is 7. The van der Waals surface area contributed by atoms with Gasteiger partial charge in [-0.2, -0.15) is 5.10 Å². The van der Waals surface area contributed by atoms with E-state index >= 15 is 0 Å². The second kappa shape index (κ2) is 9.02. The maximum absolute atomic E-state index is 12.4. The summed E-state index contributed by atoms with van der Waals surface area (Å²) >= 11 is 0. The number of methoxy groups -OCH3 is 1. The number of nitro groups is 1. The van der Waals surface area contributed by atoms with Gasteiger partial charge in [0, 0.05) is 40.2 Å². The van der Waals surface area contributed by atoms with Crippen LogP contribution in [0.15, 0.2) is 64.1 Å². The molecule has 4 aromatic rings. The number of nitrogens with one attached hydrogen (secondary N) is 1. The average molecular weight is 460 g/mol. The van der Waals surface area contributed by atoms with Gasteiger partial charge in [0.1, 0.15) is 5.58 Å². The van der Waals surface area contributed by atoms with Crippen molar-refractivity contribution in [3.05, 3.63) is 93.0 Å². The van der Waals surface area contributed by atoms with Crippen LogP contribution in [0.1, 0.15) is 37.9 Å². The van der Waals surface area contributed by atoms with Crippen molar-refractivity contribution in [2.24, 2.45) is 5.10 Å². The van der Waals surface area contributed by atoms with E-state index in [9.17, 15) is 19.7 Å². The molecule has 0 bridgehead atoms. The van der Waals surface area contributed by atoms with E-state index in [0.717, 1.165) is 22.6 Å². The largest absolute Gasteiger partial charge is 0.465 e. The summed E-state index contributed by atoms with van der Waals surface area (Å²) in [5.41, 5.74) is 6.62. The first-order chi connectivity index (χ1) is 16.3. The molecule has 0 fully saturated rings. The van der Waals surface area contributed by atoms with Crippen molar-refractivity contribution in [1.29, 1.82) is 0 Å². The lowest BCUT2D eigenvalue weighted by Gasteiger charge is -2.10. The summed E-state index contributed by atoms with van der Waals surface area (Å²) in [5.74, 6) is -0.995. The van der Waals surface area contributed by atoms with Gasteiger partial charge in [0.25, 0.3) is 5.69 Å². The van der Waals surface area contributed by atoms with E-state index in [1.54, 1.807) is 12.1 Å². The van der Waals surface area contributed by atoms with Gasteiger partial charge in [-0.25, -0.2) is 10.2 Å². The summed E-state index contributed by atoms with van der Waals surface area (Å²) in [5, 5.41) is 15.4. The van der Waals surface area contributed by atoms with E-state index in [1.165, 1.54) is 37.6 Å². The molecule has 34 heavy (non-hydrogen) atoms. The molecular formula is C24H20N4O6. The Morgan fingerprint density at radius 2 is 1.85 bits per heavy atom. The normalized spacial score (nSPS) is 11.1. The van der Waals surface area contributed by atoms with Crippen LogP contribution in [0.25, 0.3) is 16.7 Å². The quantitative estimate of drug-likeness (QED) is 0.198. The fourth-order valence-corrected chi connectivity index (χ4v) is 3.65. The minimum absolute atomic E-state index is 0.0104. The Morgan fingerprint density at radius 1 is 1.12 bits per heavy atom. The van der Waals surface area contributed by atoms with E-state index in [-0.39, 0.29) is 11.4 Å². The van der Waals surface area contributed by atoms with Gasteiger partial charge >= 0.3 is 11.9 Å². The number of benzene rings is 2. The van der Waals surface area contributed by atoms with E-state index < -0.39 is 16.8 Å². The van der Waals surface area contributed by atoms with Crippen LogP contribution in [-0.4, -0.2) is 34.7 Å². The zero-order chi connectivity index (χ0) is 24.4. The standard InChI is InChI=1S/C24H20N4O6/c1-14-10-18(15(2)27(14)19-6-4-16(5-7-19)24(30)33-3)13-25-26-23(29)22-12-17-11-20(28(31)32)8-9-21(17)34-22/h4-13H,1-3H3,(H,26,29)/b25-13-. The van der Waals surface area contributed by atoms with Crippen molar-refractivity contribution in [2.75, 3.05) is 7.11 Å². The summed E-state index contributed by atoms with van der Waals surface area (Å²) in [7, 11) is 1.33. The number of carbonyl (C=O) groups is 2. The number of esters is 1. The molecule has 0 saturated heterocycles. The second-order valence-corrected chi connectivity index (χ2v) is 7.49. The number of amides is 1. The predicted octanol–water partition coefficient (Wildman–Crippen LogP) is 4.30. The summed E-state index contributed by atoms with van der Waals surface area (Å²) in [6.45, 7) is 3.85. The molecule has 0 aliphatic carbocycles. The Morgan fingerprint density at radius 3 is 2.53 bits per heavy atom. The lowest BCUT2D eigenvalue weighted by atomic mass is 10.2. The van der Waals surface area contributed by atoms with E-state index in [0.29, 0.717) is 16.5 Å². The molecule has 172 valence electrons. The number of hydrazone groups is 1. The van der Waals surface area contributed by atoms with Gasteiger partial charge in [0.05, 0.1) is 23.8 Å². The van der Waals surface area contributed by atoms with Crippen molar-refractivity contribution < 1.29 is 23.7 Å². The number of furan rings is 1. The van der Waals surface area contributed by atoms with Gasteiger partial charge in [0.2, 0.25) is 0 Å². The maximum Gasteiger partial charge on any atom is 0.337 e. The highest BCUT2D eigenvalue weighted by Crippen LogP contribution is 2.24. The van der Waals surface area contributed by atoms with Crippen molar-refractivity contribution in [3.8, 4) is 5.69 Å². The third-order valence-corrected chi connectivity index (χ3v) is 5.32. The highest BCUT2D eigenvalue weighted by molar-refractivity contribution is 5.97. The van der Waals surface area contributed by atoms with E-state index in [1.807, 2.05) is 36.6 Å². The molecule has 2 aromatic heterocycles. The van der Waals surface area contributed by atoms with Crippen LogP contribution in [0.5, 0.6) is 0 Å². The van der Waals surface area contributed by atoms with Crippen LogP contribution in [0, 0.1) is 24.0 Å². The summed E-state index contributed by atoms with van der Waals surface area (Å²) < 4.78 is 12.2. The number of ether oxygens (including phenoxy) is 1. The number of non-ortho nitro benzene ring substituents is 1. The average Bonchev–Trinajstić information content (AvgIpc) is 3.38. The molecule has 0 atom stereocenters. The van der Waals surface area contributed by atoms with Gasteiger partial charge in [0.15, 0.2) is 5.76 Å². The monoisotopic (exact) mass is 460 g/mol. The first-order valence-electron chi connectivity index (χ1n) is 10.2. The molecule has 0 spiro atoms. The van der Waals surface area contributed by atoms with Crippen molar-refractivity contribution in [3.63, 3.8) is 0 Å². The molecule has 1 N–H and O–H groups in total. The Labute approximate surface area is 193 Å². The third-order valence-electron chi connectivity index (χ3n) is 5.32. The van der Waals surface area contributed by atoms with Crippen LogP contribution in [-0.2, 0) is 4.74 Å². The zero-order valence-corrected chi connectivity index (χ0v) is 18.6. The van der Waals surface area contributed by atoms with Crippen LogP contribution < -0.4 is 5.43 Å². The topological polar surface area (TPSA) is 129 Å². The number of aryl methyl sites for hydroxylation is 1. The first-order valence-corrected chi connectivity index (χ1v) is 10.2. The van der Waals surface area contributed by atoms with Gasteiger partial charge in [-0.15, -0.1) is 0 Å². The fraction of sp³-hybridized carbons (Fsp3) is 0.125. The SMILES string of the molecule is COC(=O)c1ccc(-n2c(C)cc(/C=N\NC(=O)c3cc4cc([N+](=O)[O-])ccc4o3)c2C)cc1. The predicted molar refractivity (Wildman–Crippen MR) is 125 cm³/mol. The first kappa shape index (κ1) is 22.5. The minimum atomic E-state index is -0.581. The van der Waals surface area contributed by atoms with Gasteiger partial charge in [-0.1, -0.05) is 0 Å². The van der Waals surface area contributed by atoms with Crippen LogP contribution >= 0.6 is 0 Å². The number of hydrogen-bond donors (Lipinski definition) is 1. The molecule has 1 amide bonds. The molecule has 2 aromatic carbocycles. The molecule has 0 aliphatic rings. The molecule has 0 aliphatic heterocycles. The molecule has 4 rings (SSSR count). The van der Waals surface area contributed by atoms with Gasteiger partial charge < -0.3 is 13.7 Å². The number of nitrogens with zero attached hydrogens (tertiary/aromatic N) is 3. The van der Waals surface area contributed by atoms with Crippen LogP contribution in [0.4, 0.5) is 5.69 Å². The molecule has 10 heteroatoms. The summed E-state index contributed by atoms with van der Waals surface area (Å²) in [6, 6.07) is 14.5. The van der Waals surface area contributed by atoms with Crippen molar-refractivity contribution in [1.82, 2.24) is 9.99 Å². The Hall–Kier alpha value is -4.73. The Bertz CT molecular complexity index is 1450. The number of carbonyl (C=O) groups excluding carboxylic acids is 2. The lowest BCUT2D eigenvalue weighted by Crippen LogP contribution is -2.16. The molecular weight excluding hydrogens is 440 g/mol. The smallest absolute Gasteiger partial charge is 0.337 e. The molecule has 2 heterocycles.